The molecule has 0 fully saturated rings. The molecule has 4 N–H and O–H groups in total. The van der Waals surface area contributed by atoms with E-state index in [9.17, 15) is 13.5 Å². The van der Waals surface area contributed by atoms with Crippen molar-refractivity contribution in [1.29, 1.82) is 0 Å². The minimum Gasteiger partial charge on any atom is -0.390 e. The Kier molecular flexibility index (Phi) is 6.23. The first-order valence-corrected chi connectivity index (χ1v) is 11.7. The van der Waals surface area contributed by atoms with Crippen molar-refractivity contribution < 1.29 is 13.5 Å². The van der Waals surface area contributed by atoms with Gasteiger partial charge >= 0.3 is 0 Å². The maximum atomic E-state index is 12.7. The number of sulfonamides is 1. The maximum absolute atomic E-state index is 12.7. The molecule has 2 aromatic heterocycles. The molecule has 8 nitrogen and oxygen atoms in total. The van der Waals surface area contributed by atoms with Crippen molar-refractivity contribution in [1.82, 2.24) is 19.7 Å². The minimum atomic E-state index is -3.74. The van der Waals surface area contributed by atoms with E-state index in [2.05, 4.69) is 19.7 Å². The van der Waals surface area contributed by atoms with Gasteiger partial charge in [0.2, 0.25) is 10.0 Å². The Morgan fingerprint density at radius 3 is 2.57 bits per heavy atom. The van der Waals surface area contributed by atoms with Gasteiger partial charge in [0, 0.05) is 17.5 Å². The van der Waals surface area contributed by atoms with Crippen LogP contribution < -0.4 is 10.5 Å². The summed E-state index contributed by atoms with van der Waals surface area (Å²) in [5.41, 5.74) is 8.15. The van der Waals surface area contributed by atoms with E-state index in [1.807, 2.05) is 19.2 Å². The van der Waals surface area contributed by atoms with Gasteiger partial charge in [-0.1, -0.05) is 6.07 Å². The van der Waals surface area contributed by atoms with E-state index < -0.39 is 15.6 Å². The molecule has 1 aromatic carbocycles. The van der Waals surface area contributed by atoms with Crippen LogP contribution in [0.4, 0.5) is 5.82 Å². The normalized spacial score (nSPS) is 12.3. The SMILES string of the molecule is Cc1nc(-c2nc(-c3cc(S(=O)(=O)NCCC(C)(C)O)ccc3C)cnc2N)cs1. The monoisotopic (exact) mass is 447 g/mol. The van der Waals surface area contributed by atoms with Crippen LogP contribution in [-0.4, -0.2) is 40.6 Å². The summed E-state index contributed by atoms with van der Waals surface area (Å²) in [6, 6.07) is 4.84. The molecule has 0 aliphatic rings. The lowest BCUT2D eigenvalue weighted by molar-refractivity contribution is 0.0728. The fourth-order valence-electron chi connectivity index (χ4n) is 2.81. The van der Waals surface area contributed by atoms with Gasteiger partial charge in [0.05, 0.1) is 27.4 Å². The number of aliphatic hydroxyl groups is 1. The zero-order valence-electron chi connectivity index (χ0n) is 17.3. The number of rotatable bonds is 7. The second kappa shape index (κ2) is 8.38. The van der Waals surface area contributed by atoms with Crippen molar-refractivity contribution >= 4 is 27.2 Å². The van der Waals surface area contributed by atoms with Gasteiger partial charge in [0.1, 0.15) is 11.4 Å². The van der Waals surface area contributed by atoms with Crippen molar-refractivity contribution in [3.05, 3.63) is 40.3 Å². The van der Waals surface area contributed by atoms with Crippen LogP contribution in [0.1, 0.15) is 30.8 Å². The Labute approximate surface area is 180 Å². The van der Waals surface area contributed by atoms with Crippen LogP contribution in [0.25, 0.3) is 22.6 Å². The number of nitrogens with zero attached hydrogens (tertiary/aromatic N) is 3. The molecule has 2 heterocycles. The lowest BCUT2D eigenvalue weighted by atomic mass is 10.1. The summed E-state index contributed by atoms with van der Waals surface area (Å²) in [4.78, 5) is 13.4. The zero-order chi connectivity index (χ0) is 22.1. The first-order valence-electron chi connectivity index (χ1n) is 9.34. The molecule has 0 unspecified atom stereocenters. The highest BCUT2D eigenvalue weighted by Crippen LogP contribution is 2.29. The van der Waals surface area contributed by atoms with E-state index in [0.717, 1.165) is 10.6 Å². The Balaban J connectivity index is 1.96. The van der Waals surface area contributed by atoms with Gasteiger partial charge in [-0.3, -0.25) is 0 Å². The van der Waals surface area contributed by atoms with E-state index in [0.29, 0.717) is 29.1 Å². The molecule has 0 saturated carbocycles. The number of aromatic nitrogens is 3. The number of anilines is 1. The quantitative estimate of drug-likeness (QED) is 0.507. The van der Waals surface area contributed by atoms with Crippen LogP contribution in [0.2, 0.25) is 0 Å². The molecule has 0 saturated heterocycles. The van der Waals surface area contributed by atoms with Crippen molar-refractivity contribution in [3.63, 3.8) is 0 Å². The van der Waals surface area contributed by atoms with E-state index in [4.69, 9.17) is 5.73 Å². The van der Waals surface area contributed by atoms with Gasteiger partial charge in [0.25, 0.3) is 0 Å². The molecule has 30 heavy (non-hydrogen) atoms. The molecule has 10 heteroatoms. The van der Waals surface area contributed by atoms with E-state index in [1.54, 1.807) is 32.0 Å². The molecule has 3 rings (SSSR count). The Bertz CT molecular complexity index is 1170. The van der Waals surface area contributed by atoms with Gasteiger partial charge in [-0.15, -0.1) is 11.3 Å². The number of nitrogens with one attached hydrogen (secondary N) is 1. The third-order valence-corrected chi connectivity index (χ3v) is 6.72. The van der Waals surface area contributed by atoms with E-state index in [-0.39, 0.29) is 17.3 Å². The predicted octanol–water partition coefficient (Wildman–Crippen LogP) is 2.91. The first-order chi connectivity index (χ1) is 14.0. The highest BCUT2D eigenvalue weighted by molar-refractivity contribution is 7.89. The van der Waals surface area contributed by atoms with Crippen molar-refractivity contribution in [2.45, 2.75) is 44.6 Å². The van der Waals surface area contributed by atoms with Crippen LogP contribution in [0.5, 0.6) is 0 Å². The molecular weight excluding hydrogens is 422 g/mol. The van der Waals surface area contributed by atoms with Crippen molar-refractivity contribution in [2.75, 3.05) is 12.3 Å². The molecule has 160 valence electrons. The lowest BCUT2D eigenvalue weighted by Gasteiger charge is -2.17. The standard InChI is InChI=1S/C20H25N5O3S2/c1-12-5-6-14(30(27,28)23-8-7-20(3,4)26)9-15(12)16-10-22-19(21)18(25-16)17-11-29-13(2)24-17/h5-6,9-11,23,26H,7-8H2,1-4H3,(H2,21,22). The molecular formula is C20H25N5O3S2. The maximum Gasteiger partial charge on any atom is 0.240 e. The first kappa shape index (κ1) is 22.3. The second-order valence-electron chi connectivity index (χ2n) is 7.68. The van der Waals surface area contributed by atoms with Gasteiger partial charge in [0.15, 0.2) is 5.82 Å². The summed E-state index contributed by atoms with van der Waals surface area (Å²) < 4.78 is 27.9. The summed E-state index contributed by atoms with van der Waals surface area (Å²) in [6.45, 7) is 7.16. The molecule has 0 aliphatic carbocycles. The van der Waals surface area contributed by atoms with Crippen LogP contribution in [0.15, 0.2) is 34.7 Å². The predicted molar refractivity (Wildman–Crippen MR) is 119 cm³/mol. The largest absolute Gasteiger partial charge is 0.390 e. The molecule has 0 bridgehead atoms. The highest BCUT2D eigenvalue weighted by atomic mass is 32.2. The fourth-order valence-corrected chi connectivity index (χ4v) is 4.46. The summed E-state index contributed by atoms with van der Waals surface area (Å²) in [6.07, 6.45) is 1.82. The lowest BCUT2D eigenvalue weighted by Crippen LogP contribution is -2.30. The fraction of sp³-hybridized carbons (Fsp3) is 0.350. The van der Waals surface area contributed by atoms with Gasteiger partial charge in [-0.25, -0.2) is 28.1 Å². The molecule has 0 radical (unpaired) electrons. The number of nitrogens with two attached hydrogens (primary N) is 1. The molecule has 0 aliphatic heterocycles. The van der Waals surface area contributed by atoms with Crippen molar-refractivity contribution in [3.8, 4) is 22.6 Å². The van der Waals surface area contributed by atoms with E-state index in [1.165, 1.54) is 17.5 Å². The van der Waals surface area contributed by atoms with Crippen molar-refractivity contribution in [2.24, 2.45) is 0 Å². The zero-order valence-corrected chi connectivity index (χ0v) is 18.9. The van der Waals surface area contributed by atoms with Crippen LogP contribution >= 0.6 is 11.3 Å². The van der Waals surface area contributed by atoms with Gasteiger partial charge < -0.3 is 10.8 Å². The van der Waals surface area contributed by atoms with Crippen LogP contribution in [-0.2, 0) is 10.0 Å². The number of benzene rings is 1. The molecule has 3 aromatic rings. The van der Waals surface area contributed by atoms with Gasteiger partial charge in [-0.2, -0.15) is 0 Å². The summed E-state index contributed by atoms with van der Waals surface area (Å²) >= 11 is 1.49. The molecule has 0 amide bonds. The number of nitrogen functional groups attached to an aromatic ring is 1. The smallest absolute Gasteiger partial charge is 0.240 e. The average Bonchev–Trinajstić information content (AvgIpc) is 3.07. The average molecular weight is 448 g/mol. The second-order valence-corrected chi connectivity index (χ2v) is 10.5. The Hall–Kier alpha value is -2.40. The minimum absolute atomic E-state index is 0.114. The number of hydrogen-bond donors (Lipinski definition) is 3. The molecule has 0 atom stereocenters. The van der Waals surface area contributed by atoms with Crippen LogP contribution in [0, 0.1) is 13.8 Å². The topological polar surface area (TPSA) is 131 Å². The van der Waals surface area contributed by atoms with Crippen LogP contribution in [0.3, 0.4) is 0 Å². The molecule has 0 spiro atoms. The third-order valence-electron chi connectivity index (χ3n) is 4.49. The number of thiazole rings is 1. The van der Waals surface area contributed by atoms with E-state index >= 15 is 0 Å². The Morgan fingerprint density at radius 2 is 1.93 bits per heavy atom. The Morgan fingerprint density at radius 1 is 1.20 bits per heavy atom. The third kappa shape index (κ3) is 5.20. The summed E-state index contributed by atoms with van der Waals surface area (Å²) in [5, 5.41) is 12.5. The number of aryl methyl sites for hydroxylation is 2. The number of hydrogen-bond acceptors (Lipinski definition) is 8. The summed E-state index contributed by atoms with van der Waals surface area (Å²) in [7, 11) is -3.74. The highest BCUT2D eigenvalue weighted by Gasteiger charge is 2.19. The summed E-state index contributed by atoms with van der Waals surface area (Å²) in [5.74, 6) is 0.263. The van der Waals surface area contributed by atoms with Gasteiger partial charge in [-0.05, 0) is 51.8 Å².